The molecule has 1 heterocycles. The molecule has 1 aromatic heterocycles. The van der Waals surface area contributed by atoms with Gasteiger partial charge in [-0.25, -0.2) is 0 Å². The van der Waals surface area contributed by atoms with Gasteiger partial charge in [0, 0.05) is 0 Å². The number of rotatable bonds is 4. The first-order valence-electron chi connectivity index (χ1n) is 5.59. The van der Waals surface area contributed by atoms with Gasteiger partial charge in [0.25, 0.3) is 0 Å². The molecule has 16 heavy (non-hydrogen) atoms. The van der Waals surface area contributed by atoms with Crippen molar-refractivity contribution in [2.75, 3.05) is 6.61 Å². The summed E-state index contributed by atoms with van der Waals surface area (Å²) >= 11 is 0. The molecule has 0 radical (unpaired) electrons. The van der Waals surface area contributed by atoms with E-state index in [0.29, 0.717) is 12.4 Å². The van der Waals surface area contributed by atoms with Crippen molar-refractivity contribution in [2.45, 2.75) is 45.0 Å². The van der Waals surface area contributed by atoms with Crippen LogP contribution in [0.1, 0.15) is 32.6 Å². The number of hydrogen-bond acceptors (Lipinski definition) is 3. The lowest BCUT2D eigenvalue weighted by atomic mass is 10.2. The first kappa shape index (κ1) is 13.5. The van der Waals surface area contributed by atoms with Gasteiger partial charge in [-0.15, -0.1) is 0 Å². The minimum atomic E-state index is -1.78. The molecule has 0 saturated carbocycles. The molecule has 4 heteroatoms. The molecule has 0 unspecified atom stereocenters. The van der Waals surface area contributed by atoms with Crippen LogP contribution in [0.5, 0.6) is 0 Å². The van der Waals surface area contributed by atoms with Crippen molar-refractivity contribution in [3.8, 4) is 0 Å². The monoisotopic (exact) mass is 242 g/mol. The van der Waals surface area contributed by atoms with Gasteiger partial charge in [0.15, 0.2) is 8.32 Å². The van der Waals surface area contributed by atoms with Gasteiger partial charge in [0.05, 0.1) is 12.9 Å². The molecule has 0 aliphatic rings. The molecule has 1 N–H and O–H groups in total. The van der Waals surface area contributed by atoms with Gasteiger partial charge in [-0.1, -0.05) is 20.8 Å². The molecule has 1 aromatic rings. The first-order valence-corrected chi connectivity index (χ1v) is 8.50. The lowest BCUT2D eigenvalue weighted by molar-refractivity contribution is 0.0821. The molecule has 0 spiro atoms. The number of hydrogen-bond donors (Lipinski definition) is 1. The van der Waals surface area contributed by atoms with Crippen LogP contribution in [0.3, 0.4) is 0 Å². The number of aliphatic hydroxyl groups excluding tert-OH is 1. The predicted octanol–water partition coefficient (Wildman–Crippen LogP) is 3.33. The van der Waals surface area contributed by atoms with Crippen LogP contribution < -0.4 is 0 Å². The topological polar surface area (TPSA) is 42.6 Å². The van der Waals surface area contributed by atoms with E-state index in [0.717, 1.165) is 0 Å². The standard InChI is InChI=1S/C12H22O3Si/c1-12(2,3)16(4,5)15-9-10(13)11-7-6-8-14-11/h6-8,10,13H,9H2,1-5H3/t10-/m1/s1. The normalized spacial score (nSPS) is 15.1. The van der Waals surface area contributed by atoms with Gasteiger partial charge in [-0.2, -0.15) is 0 Å². The van der Waals surface area contributed by atoms with Crippen LogP contribution in [0.25, 0.3) is 0 Å². The zero-order valence-electron chi connectivity index (χ0n) is 10.8. The van der Waals surface area contributed by atoms with E-state index in [4.69, 9.17) is 8.84 Å². The summed E-state index contributed by atoms with van der Waals surface area (Å²) in [6.07, 6.45) is 0.898. The van der Waals surface area contributed by atoms with Gasteiger partial charge in [0.2, 0.25) is 0 Å². The minimum absolute atomic E-state index is 0.163. The van der Waals surface area contributed by atoms with Crippen molar-refractivity contribution < 1.29 is 13.9 Å². The second-order valence-corrected chi connectivity index (χ2v) is 10.4. The van der Waals surface area contributed by atoms with Crippen molar-refractivity contribution in [1.82, 2.24) is 0 Å². The van der Waals surface area contributed by atoms with Crippen molar-refractivity contribution in [3.05, 3.63) is 24.2 Å². The molecule has 0 aliphatic heterocycles. The Kier molecular flexibility index (Phi) is 3.99. The van der Waals surface area contributed by atoms with Gasteiger partial charge in [-0.05, 0) is 30.3 Å². The third-order valence-electron chi connectivity index (χ3n) is 3.28. The third-order valence-corrected chi connectivity index (χ3v) is 7.78. The lowest BCUT2D eigenvalue weighted by Gasteiger charge is -2.36. The second-order valence-electron chi connectivity index (χ2n) is 5.60. The average molecular weight is 242 g/mol. The quantitative estimate of drug-likeness (QED) is 0.823. The maximum absolute atomic E-state index is 9.84. The van der Waals surface area contributed by atoms with E-state index >= 15 is 0 Å². The Hall–Kier alpha value is -0.583. The summed E-state index contributed by atoms with van der Waals surface area (Å²) in [5, 5.41) is 10.0. The molecule has 0 bridgehead atoms. The predicted molar refractivity (Wildman–Crippen MR) is 66.8 cm³/mol. The van der Waals surface area contributed by atoms with Crippen LogP contribution in [-0.2, 0) is 4.43 Å². The van der Waals surface area contributed by atoms with Gasteiger partial charge >= 0.3 is 0 Å². The zero-order chi connectivity index (χ0) is 12.4. The van der Waals surface area contributed by atoms with Crippen LogP contribution in [0.2, 0.25) is 18.1 Å². The summed E-state index contributed by atoms with van der Waals surface area (Å²) in [5.74, 6) is 0.568. The maximum Gasteiger partial charge on any atom is 0.192 e. The summed E-state index contributed by atoms with van der Waals surface area (Å²) < 4.78 is 11.0. The minimum Gasteiger partial charge on any atom is -0.467 e. The fraction of sp³-hybridized carbons (Fsp3) is 0.667. The highest BCUT2D eigenvalue weighted by Crippen LogP contribution is 2.37. The average Bonchev–Trinajstić information content (AvgIpc) is 2.65. The molecular weight excluding hydrogens is 220 g/mol. The van der Waals surface area contributed by atoms with Crippen LogP contribution >= 0.6 is 0 Å². The zero-order valence-corrected chi connectivity index (χ0v) is 11.8. The maximum atomic E-state index is 9.84. The smallest absolute Gasteiger partial charge is 0.192 e. The molecule has 0 saturated heterocycles. The summed E-state index contributed by atoms with van der Waals surface area (Å²) in [6, 6.07) is 3.53. The highest BCUT2D eigenvalue weighted by atomic mass is 28.4. The Morgan fingerprint density at radius 2 is 2.06 bits per heavy atom. The summed E-state index contributed by atoms with van der Waals surface area (Å²) in [4.78, 5) is 0. The molecule has 0 aliphatic carbocycles. The van der Waals surface area contributed by atoms with Crippen LogP contribution in [0, 0.1) is 0 Å². The largest absolute Gasteiger partial charge is 0.467 e. The Morgan fingerprint density at radius 1 is 1.44 bits per heavy atom. The molecule has 0 aromatic carbocycles. The van der Waals surface area contributed by atoms with Gasteiger partial charge < -0.3 is 13.9 Å². The molecule has 92 valence electrons. The Morgan fingerprint density at radius 3 is 2.50 bits per heavy atom. The third kappa shape index (κ3) is 3.20. The van der Waals surface area contributed by atoms with Crippen LogP contribution in [-0.4, -0.2) is 20.0 Å². The van der Waals surface area contributed by atoms with Crippen LogP contribution in [0.4, 0.5) is 0 Å². The second kappa shape index (κ2) is 4.73. The van der Waals surface area contributed by atoms with E-state index in [1.165, 1.54) is 0 Å². The number of aliphatic hydroxyl groups is 1. The van der Waals surface area contributed by atoms with Crippen molar-refractivity contribution in [2.24, 2.45) is 0 Å². The first-order chi connectivity index (χ1) is 7.24. The SMILES string of the molecule is CC(C)(C)[Si](C)(C)OC[C@@H](O)c1ccco1. The molecule has 0 amide bonds. The van der Waals surface area contributed by atoms with E-state index in [1.807, 2.05) is 0 Å². The van der Waals surface area contributed by atoms with E-state index in [9.17, 15) is 5.11 Å². The summed E-state index contributed by atoms with van der Waals surface area (Å²) in [7, 11) is -1.78. The lowest BCUT2D eigenvalue weighted by Crippen LogP contribution is -2.41. The van der Waals surface area contributed by atoms with E-state index < -0.39 is 14.4 Å². The van der Waals surface area contributed by atoms with Gasteiger partial charge in [0.1, 0.15) is 11.9 Å². The van der Waals surface area contributed by atoms with E-state index in [2.05, 4.69) is 33.9 Å². The Balaban J connectivity index is 2.52. The van der Waals surface area contributed by atoms with Crippen molar-refractivity contribution in [1.29, 1.82) is 0 Å². The summed E-state index contributed by atoms with van der Waals surface area (Å²) in [5.41, 5.74) is 0. The van der Waals surface area contributed by atoms with E-state index in [1.54, 1.807) is 18.4 Å². The van der Waals surface area contributed by atoms with Crippen molar-refractivity contribution in [3.63, 3.8) is 0 Å². The van der Waals surface area contributed by atoms with Crippen LogP contribution in [0.15, 0.2) is 22.8 Å². The van der Waals surface area contributed by atoms with E-state index in [-0.39, 0.29) is 5.04 Å². The Bertz CT molecular complexity index is 312. The Labute approximate surface area is 98.6 Å². The molecule has 3 nitrogen and oxygen atoms in total. The number of furan rings is 1. The molecule has 1 rings (SSSR count). The fourth-order valence-electron chi connectivity index (χ4n) is 1.07. The van der Waals surface area contributed by atoms with Gasteiger partial charge in [-0.3, -0.25) is 0 Å². The molecular formula is C12H22O3Si. The van der Waals surface area contributed by atoms with Crippen molar-refractivity contribution >= 4 is 8.32 Å². The highest BCUT2D eigenvalue weighted by molar-refractivity contribution is 6.74. The molecule has 0 fully saturated rings. The fourth-order valence-corrected chi connectivity index (χ4v) is 2.07. The molecule has 1 atom stereocenters. The summed E-state index contributed by atoms with van der Waals surface area (Å²) in [6.45, 7) is 11.2. The highest BCUT2D eigenvalue weighted by Gasteiger charge is 2.37.